The maximum absolute atomic E-state index is 6.67. The Hall–Kier alpha value is -2.50. The summed E-state index contributed by atoms with van der Waals surface area (Å²) in [5, 5.41) is 0. The van der Waals surface area contributed by atoms with Crippen molar-refractivity contribution < 1.29 is 18.9 Å². The van der Waals surface area contributed by atoms with Crippen molar-refractivity contribution in [2.75, 3.05) is 46.2 Å². The van der Waals surface area contributed by atoms with Gasteiger partial charge in [-0.1, -0.05) is 97.9 Å². The normalized spacial score (nSPS) is 11.5. The quantitative estimate of drug-likeness (QED) is 0.235. The molecule has 4 nitrogen and oxygen atoms in total. The molecule has 0 aliphatic rings. The predicted molar refractivity (Wildman–Crippen MR) is 128 cm³/mol. The van der Waals surface area contributed by atoms with E-state index < -0.39 is 5.60 Å². The molecule has 0 atom stereocenters. The first-order chi connectivity index (χ1) is 15.9. The fourth-order valence-corrected chi connectivity index (χ4v) is 3.71. The Morgan fingerprint density at radius 3 is 1.19 bits per heavy atom. The lowest BCUT2D eigenvalue weighted by molar-refractivity contribution is -0.0368. The zero-order valence-electron chi connectivity index (χ0n) is 19.0. The van der Waals surface area contributed by atoms with E-state index in [9.17, 15) is 0 Å². The van der Waals surface area contributed by atoms with E-state index in [0.29, 0.717) is 39.6 Å². The van der Waals surface area contributed by atoms with Crippen molar-refractivity contribution in [3.63, 3.8) is 0 Å². The Balaban J connectivity index is 1.64. The molecular formula is C28H34O4. The first-order valence-corrected chi connectivity index (χ1v) is 11.4. The molecule has 0 aliphatic heterocycles. The fourth-order valence-electron chi connectivity index (χ4n) is 3.71. The van der Waals surface area contributed by atoms with Crippen LogP contribution in [0, 0.1) is 0 Å². The van der Waals surface area contributed by atoms with E-state index in [4.69, 9.17) is 18.9 Å². The molecule has 0 unspecified atom stereocenters. The van der Waals surface area contributed by atoms with Crippen LogP contribution in [0.5, 0.6) is 0 Å². The van der Waals surface area contributed by atoms with Crippen LogP contribution in [-0.2, 0) is 24.5 Å². The molecule has 0 saturated carbocycles. The Labute approximate surface area is 192 Å². The van der Waals surface area contributed by atoms with E-state index >= 15 is 0 Å². The van der Waals surface area contributed by atoms with Crippen LogP contribution < -0.4 is 0 Å². The largest absolute Gasteiger partial charge is 0.379 e. The average Bonchev–Trinajstić information content (AvgIpc) is 2.87. The lowest BCUT2D eigenvalue weighted by Crippen LogP contribution is -2.34. The van der Waals surface area contributed by atoms with Gasteiger partial charge in [0.15, 0.2) is 0 Å². The highest BCUT2D eigenvalue weighted by Gasteiger charge is 2.37. The fraction of sp³-hybridized carbons (Fsp3) is 0.357. The molecule has 0 N–H and O–H groups in total. The Morgan fingerprint density at radius 2 is 0.812 bits per heavy atom. The molecule has 0 aliphatic carbocycles. The summed E-state index contributed by atoms with van der Waals surface area (Å²) in [7, 11) is 0. The lowest BCUT2D eigenvalue weighted by Gasteiger charge is -2.36. The van der Waals surface area contributed by atoms with E-state index in [1.165, 1.54) is 0 Å². The van der Waals surface area contributed by atoms with Crippen LogP contribution in [0.2, 0.25) is 0 Å². The summed E-state index contributed by atoms with van der Waals surface area (Å²) in [4.78, 5) is 0. The molecule has 0 radical (unpaired) electrons. The van der Waals surface area contributed by atoms with Crippen LogP contribution in [0.1, 0.15) is 30.0 Å². The van der Waals surface area contributed by atoms with Gasteiger partial charge in [-0.2, -0.15) is 0 Å². The van der Waals surface area contributed by atoms with Gasteiger partial charge in [-0.05, 0) is 23.1 Å². The molecule has 0 aromatic heterocycles. The van der Waals surface area contributed by atoms with Gasteiger partial charge >= 0.3 is 0 Å². The van der Waals surface area contributed by atoms with Gasteiger partial charge in [0.2, 0.25) is 0 Å². The Morgan fingerprint density at radius 1 is 0.469 bits per heavy atom. The standard InChI is InChI=1S/C28H34O4/c1-2-18-29-19-20-30-21-22-31-23-24-32-28(25-12-6-3-7-13-25,26-14-8-4-9-15-26)27-16-10-5-11-17-27/h3-17H,2,18-24H2,1H3. The van der Waals surface area contributed by atoms with Crippen molar-refractivity contribution in [3.8, 4) is 0 Å². The van der Waals surface area contributed by atoms with Crippen LogP contribution in [0.25, 0.3) is 0 Å². The molecule has 32 heavy (non-hydrogen) atoms. The summed E-state index contributed by atoms with van der Waals surface area (Å²) in [6.07, 6.45) is 1.03. The van der Waals surface area contributed by atoms with E-state index in [1.807, 2.05) is 18.2 Å². The summed E-state index contributed by atoms with van der Waals surface area (Å²) < 4.78 is 23.4. The van der Waals surface area contributed by atoms with Crippen molar-refractivity contribution in [2.24, 2.45) is 0 Å². The highest BCUT2D eigenvalue weighted by molar-refractivity contribution is 5.47. The predicted octanol–water partition coefficient (Wildman–Crippen LogP) is 5.45. The minimum Gasteiger partial charge on any atom is -0.379 e. The number of ether oxygens (including phenoxy) is 4. The number of hydrogen-bond donors (Lipinski definition) is 0. The topological polar surface area (TPSA) is 36.9 Å². The summed E-state index contributed by atoms with van der Waals surface area (Å²) in [5.41, 5.74) is 2.56. The average molecular weight is 435 g/mol. The molecule has 3 rings (SSSR count). The summed E-state index contributed by atoms with van der Waals surface area (Å²) in [6.45, 7) is 6.14. The lowest BCUT2D eigenvalue weighted by atomic mass is 9.80. The molecule has 0 heterocycles. The smallest absolute Gasteiger partial charge is 0.143 e. The molecule has 0 amide bonds. The molecule has 0 saturated heterocycles. The van der Waals surface area contributed by atoms with Gasteiger partial charge in [-0.3, -0.25) is 0 Å². The maximum atomic E-state index is 6.67. The first kappa shape index (κ1) is 24.1. The van der Waals surface area contributed by atoms with Gasteiger partial charge in [-0.15, -0.1) is 0 Å². The van der Waals surface area contributed by atoms with Gasteiger partial charge in [0.05, 0.1) is 39.6 Å². The molecule has 4 heteroatoms. The summed E-state index contributed by atoms with van der Waals surface area (Å²) in [5.74, 6) is 0. The van der Waals surface area contributed by atoms with E-state index in [-0.39, 0.29) is 0 Å². The summed E-state index contributed by atoms with van der Waals surface area (Å²) >= 11 is 0. The highest BCUT2D eigenvalue weighted by atomic mass is 16.6. The molecular weight excluding hydrogens is 400 g/mol. The molecule has 0 bridgehead atoms. The van der Waals surface area contributed by atoms with Gasteiger partial charge in [0.25, 0.3) is 0 Å². The van der Waals surface area contributed by atoms with Crippen molar-refractivity contribution in [1.82, 2.24) is 0 Å². The Bertz CT molecular complexity index is 756. The summed E-state index contributed by atoms with van der Waals surface area (Å²) in [6, 6.07) is 31.1. The van der Waals surface area contributed by atoms with Gasteiger partial charge < -0.3 is 18.9 Å². The third kappa shape index (κ3) is 6.75. The second-order valence-corrected chi connectivity index (χ2v) is 7.46. The molecule has 3 aromatic carbocycles. The minimum absolute atomic E-state index is 0.457. The van der Waals surface area contributed by atoms with Gasteiger partial charge in [-0.25, -0.2) is 0 Å². The van der Waals surface area contributed by atoms with Crippen LogP contribution in [0.15, 0.2) is 91.0 Å². The Kier molecular flexibility index (Phi) is 10.4. The second kappa shape index (κ2) is 13.8. The van der Waals surface area contributed by atoms with Gasteiger partial charge in [0.1, 0.15) is 5.60 Å². The number of rotatable bonds is 15. The van der Waals surface area contributed by atoms with Crippen LogP contribution >= 0.6 is 0 Å². The van der Waals surface area contributed by atoms with Crippen LogP contribution in [-0.4, -0.2) is 46.2 Å². The van der Waals surface area contributed by atoms with E-state index in [2.05, 4.69) is 79.7 Å². The molecule has 0 fully saturated rings. The first-order valence-electron chi connectivity index (χ1n) is 11.4. The SMILES string of the molecule is CCCOCCOCCOCCOC(c1ccccc1)(c1ccccc1)c1ccccc1. The van der Waals surface area contributed by atoms with Crippen molar-refractivity contribution in [3.05, 3.63) is 108 Å². The van der Waals surface area contributed by atoms with E-state index in [0.717, 1.165) is 29.7 Å². The molecule has 3 aromatic rings. The molecule has 0 spiro atoms. The highest BCUT2D eigenvalue weighted by Crippen LogP contribution is 2.40. The van der Waals surface area contributed by atoms with Crippen molar-refractivity contribution in [2.45, 2.75) is 18.9 Å². The monoisotopic (exact) mass is 434 g/mol. The van der Waals surface area contributed by atoms with Crippen LogP contribution in [0.3, 0.4) is 0 Å². The van der Waals surface area contributed by atoms with Crippen molar-refractivity contribution in [1.29, 1.82) is 0 Å². The third-order valence-electron chi connectivity index (χ3n) is 5.18. The molecule has 170 valence electrons. The third-order valence-corrected chi connectivity index (χ3v) is 5.18. The second-order valence-electron chi connectivity index (χ2n) is 7.46. The maximum Gasteiger partial charge on any atom is 0.143 e. The van der Waals surface area contributed by atoms with Crippen LogP contribution in [0.4, 0.5) is 0 Å². The number of benzene rings is 3. The number of hydrogen-bond acceptors (Lipinski definition) is 4. The van der Waals surface area contributed by atoms with E-state index in [1.54, 1.807) is 0 Å². The minimum atomic E-state index is -0.708. The van der Waals surface area contributed by atoms with Gasteiger partial charge in [0, 0.05) is 6.61 Å². The van der Waals surface area contributed by atoms with Crippen molar-refractivity contribution >= 4 is 0 Å². The zero-order chi connectivity index (χ0) is 22.3. The zero-order valence-corrected chi connectivity index (χ0v) is 19.0.